The van der Waals surface area contributed by atoms with E-state index >= 15 is 0 Å². The van der Waals surface area contributed by atoms with Crippen LogP contribution in [0.25, 0.3) is 0 Å². The van der Waals surface area contributed by atoms with E-state index < -0.39 is 10.0 Å². The van der Waals surface area contributed by atoms with Crippen molar-refractivity contribution >= 4 is 15.9 Å². The minimum Gasteiger partial charge on any atom is -0.379 e. The molecule has 0 bridgehead atoms. The molecule has 4 rings (SSSR count). The summed E-state index contributed by atoms with van der Waals surface area (Å²) in [6.45, 7) is 4.01. The Kier molecular flexibility index (Phi) is 6.48. The summed E-state index contributed by atoms with van der Waals surface area (Å²) >= 11 is 0. The fraction of sp³-hybridized carbons (Fsp3) is 0.409. The number of hydrogen-bond donors (Lipinski definition) is 1. The Morgan fingerprint density at radius 1 is 1.03 bits per heavy atom. The van der Waals surface area contributed by atoms with Crippen LogP contribution in [0.1, 0.15) is 22.3 Å². The van der Waals surface area contributed by atoms with Crippen molar-refractivity contribution in [1.29, 1.82) is 0 Å². The van der Waals surface area contributed by atoms with Gasteiger partial charge in [-0.05, 0) is 30.2 Å². The van der Waals surface area contributed by atoms with Gasteiger partial charge in [0, 0.05) is 44.3 Å². The summed E-state index contributed by atoms with van der Waals surface area (Å²) in [5, 5.41) is 3.06. The number of nitrogens with zero attached hydrogens (tertiary/aromatic N) is 2. The van der Waals surface area contributed by atoms with E-state index in [9.17, 15) is 13.2 Å². The van der Waals surface area contributed by atoms with Gasteiger partial charge in [-0.2, -0.15) is 4.31 Å². The summed E-state index contributed by atoms with van der Waals surface area (Å²) in [6.07, 6.45) is 0.879. The van der Waals surface area contributed by atoms with Crippen LogP contribution in [0.4, 0.5) is 0 Å². The standard InChI is InChI=1S/C22H27N3O4S/c26-22(23-20-9-10-24(17-20)16-18-5-2-1-3-6-18)19-7-4-8-21(15-19)30(27,28)25-11-13-29-14-12-25/h1-8,15,20H,9-14,16-17H2,(H,23,26)/t20-/m0/s1. The van der Waals surface area contributed by atoms with Gasteiger partial charge >= 0.3 is 0 Å². The summed E-state index contributed by atoms with van der Waals surface area (Å²) in [5.74, 6) is -0.236. The first kappa shape index (κ1) is 21.0. The Labute approximate surface area is 177 Å². The van der Waals surface area contributed by atoms with Crippen molar-refractivity contribution in [2.45, 2.75) is 23.9 Å². The van der Waals surface area contributed by atoms with Crippen molar-refractivity contribution in [3.8, 4) is 0 Å². The second-order valence-electron chi connectivity index (χ2n) is 7.72. The number of rotatable bonds is 6. The highest BCUT2D eigenvalue weighted by Crippen LogP contribution is 2.19. The lowest BCUT2D eigenvalue weighted by Crippen LogP contribution is -2.40. The normalized spacial score (nSPS) is 20.9. The van der Waals surface area contributed by atoms with Gasteiger partial charge in [-0.25, -0.2) is 8.42 Å². The van der Waals surface area contributed by atoms with Crippen LogP contribution in [0.2, 0.25) is 0 Å². The second-order valence-corrected chi connectivity index (χ2v) is 9.66. The molecule has 2 aliphatic heterocycles. The predicted molar refractivity (Wildman–Crippen MR) is 114 cm³/mol. The Balaban J connectivity index is 1.38. The molecule has 2 aliphatic rings. The molecule has 0 spiro atoms. The van der Waals surface area contributed by atoms with Gasteiger partial charge in [0.15, 0.2) is 0 Å². The van der Waals surface area contributed by atoms with E-state index in [0.29, 0.717) is 31.9 Å². The molecule has 1 amide bonds. The molecule has 0 aromatic heterocycles. The molecule has 8 heteroatoms. The molecular formula is C22H27N3O4S. The number of carbonyl (C=O) groups is 1. The molecule has 0 saturated carbocycles. The highest BCUT2D eigenvalue weighted by Gasteiger charge is 2.28. The third kappa shape index (κ3) is 4.89. The van der Waals surface area contributed by atoms with Gasteiger partial charge < -0.3 is 10.1 Å². The second kappa shape index (κ2) is 9.26. The predicted octanol–water partition coefficient (Wildman–Crippen LogP) is 1.71. The van der Waals surface area contributed by atoms with Crippen molar-refractivity contribution in [3.63, 3.8) is 0 Å². The lowest BCUT2D eigenvalue weighted by atomic mass is 10.2. The van der Waals surface area contributed by atoms with Gasteiger partial charge in [0.1, 0.15) is 0 Å². The number of morpholine rings is 1. The van der Waals surface area contributed by atoms with Crippen molar-refractivity contribution in [2.24, 2.45) is 0 Å². The van der Waals surface area contributed by atoms with Gasteiger partial charge in [0.05, 0.1) is 18.1 Å². The monoisotopic (exact) mass is 429 g/mol. The highest BCUT2D eigenvalue weighted by atomic mass is 32.2. The Morgan fingerprint density at radius 3 is 2.57 bits per heavy atom. The topological polar surface area (TPSA) is 79.0 Å². The highest BCUT2D eigenvalue weighted by molar-refractivity contribution is 7.89. The SMILES string of the molecule is O=C(N[C@H]1CCN(Cc2ccccc2)C1)c1cccc(S(=O)(=O)N2CCOCC2)c1. The quantitative estimate of drug-likeness (QED) is 0.756. The lowest BCUT2D eigenvalue weighted by molar-refractivity contribution is 0.0730. The zero-order valence-electron chi connectivity index (χ0n) is 16.9. The third-order valence-corrected chi connectivity index (χ3v) is 7.46. The molecule has 30 heavy (non-hydrogen) atoms. The smallest absolute Gasteiger partial charge is 0.251 e. The molecule has 2 fully saturated rings. The van der Waals surface area contributed by atoms with Crippen LogP contribution in [0.15, 0.2) is 59.5 Å². The third-order valence-electron chi connectivity index (χ3n) is 5.56. The van der Waals surface area contributed by atoms with E-state index in [2.05, 4.69) is 22.3 Å². The summed E-state index contributed by atoms with van der Waals surface area (Å²) in [6, 6.07) is 16.6. The van der Waals surface area contributed by atoms with Crippen molar-refractivity contribution in [1.82, 2.24) is 14.5 Å². The van der Waals surface area contributed by atoms with E-state index in [1.165, 1.54) is 15.9 Å². The first-order valence-electron chi connectivity index (χ1n) is 10.3. The van der Waals surface area contributed by atoms with Crippen molar-refractivity contribution in [2.75, 3.05) is 39.4 Å². The first-order chi connectivity index (χ1) is 14.5. The van der Waals surface area contributed by atoms with E-state index in [-0.39, 0.29) is 16.8 Å². The van der Waals surface area contributed by atoms with Gasteiger partial charge in [0.25, 0.3) is 5.91 Å². The van der Waals surface area contributed by atoms with Crippen molar-refractivity contribution < 1.29 is 17.9 Å². The number of ether oxygens (including phenoxy) is 1. The van der Waals surface area contributed by atoms with E-state index in [1.807, 2.05) is 18.2 Å². The van der Waals surface area contributed by atoms with Crippen LogP contribution in [-0.2, 0) is 21.3 Å². The van der Waals surface area contributed by atoms with Crippen LogP contribution < -0.4 is 5.32 Å². The molecule has 160 valence electrons. The maximum Gasteiger partial charge on any atom is 0.251 e. The van der Waals surface area contributed by atoms with Crippen LogP contribution in [0.3, 0.4) is 0 Å². The molecule has 2 aromatic rings. The number of carbonyl (C=O) groups excluding carboxylic acids is 1. The van der Waals surface area contributed by atoms with Gasteiger partial charge in [-0.15, -0.1) is 0 Å². The first-order valence-corrected chi connectivity index (χ1v) is 11.7. The van der Waals surface area contributed by atoms with Crippen molar-refractivity contribution in [3.05, 3.63) is 65.7 Å². The molecular weight excluding hydrogens is 402 g/mol. The summed E-state index contributed by atoms with van der Waals surface area (Å²) in [4.78, 5) is 15.2. The average Bonchev–Trinajstić information content (AvgIpc) is 3.21. The van der Waals surface area contributed by atoms with Gasteiger partial charge in [0.2, 0.25) is 10.0 Å². The summed E-state index contributed by atoms with van der Waals surface area (Å²) < 4.78 is 32.4. The number of nitrogens with one attached hydrogen (secondary N) is 1. The maximum atomic E-state index is 12.9. The fourth-order valence-electron chi connectivity index (χ4n) is 3.94. The van der Waals surface area contributed by atoms with Crippen LogP contribution in [0.5, 0.6) is 0 Å². The molecule has 0 radical (unpaired) electrons. The number of sulfonamides is 1. The maximum absolute atomic E-state index is 12.9. The zero-order chi connectivity index (χ0) is 21.0. The fourth-order valence-corrected chi connectivity index (χ4v) is 5.39. The van der Waals surface area contributed by atoms with E-state index in [1.54, 1.807) is 18.2 Å². The number of benzene rings is 2. The van der Waals surface area contributed by atoms with E-state index in [4.69, 9.17) is 4.74 Å². The number of hydrogen-bond acceptors (Lipinski definition) is 5. The number of amides is 1. The molecule has 1 N–H and O–H groups in total. The van der Waals surface area contributed by atoms with Gasteiger partial charge in [-0.3, -0.25) is 9.69 Å². The number of likely N-dealkylation sites (tertiary alicyclic amines) is 1. The van der Waals surface area contributed by atoms with E-state index in [0.717, 1.165) is 26.1 Å². The molecule has 0 unspecified atom stereocenters. The van der Waals surface area contributed by atoms with Gasteiger partial charge in [-0.1, -0.05) is 36.4 Å². The zero-order valence-corrected chi connectivity index (χ0v) is 17.7. The molecule has 2 aromatic carbocycles. The molecule has 2 saturated heterocycles. The molecule has 7 nitrogen and oxygen atoms in total. The summed E-state index contributed by atoms with van der Waals surface area (Å²) in [7, 11) is -3.62. The lowest BCUT2D eigenvalue weighted by Gasteiger charge is -2.26. The molecule has 0 aliphatic carbocycles. The Bertz CT molecular complexity index is 975. The largest absolute Gasteiger partial charge is 0.379 e. The van der Waals surface area contributed by atoms with Crippen LogP contribution in [-0.4, -0.2) is 69.0 Å². The minimum absolute atomic E-state index is 0.0562. The molecule has 1 atom stereocenters. The molecule has 2 heterocycles. The average molecular weight is 430 g/mol. The Morgan fingerprint density at radius 2 is 1.80 bits per heavy atom. The summed E-state index contributed by atoms with van der Waals surface area (Å²) in [5.41, 5.74) is 1.62. The van der Waals surface area contributed by atoms with Crippen LogP contribution in [0, 0.1) is 0 Å². The van der Waals surface area contributed by atoms with Crippen LogP contribution >= 0.6 is 0 Å². The Hall–Kier alpha value is -2.26. The minimum atomic E-state index is -3.62.